The first-order valence-corrected chi connectivity index (χ1v) is 6.65. The Hall–Kier alpha value is -0.510. The van der Waals surface area contributed by atoms with Crippen LogP contribution in [0.4, 0.5) is 0 Å². The molecule has 1 aliphatic rings. The summed E-state index contributed by atoms with van der Waals surface area (Å²) in [6.07, 6.45) is 3.45. The van der Waals surface area contributed by atoms with Gasteiger partial charge < -0.3 is 4.74 Å². The van der Waals surface area contributed by atoms with Gasteiger partial charge in [-0.25, -0.2) is 0 Å². The standard InChI is InChI=1S/C12H13ClO2S/c13-11-6-9(7-14)3-4-12(11)16-8-10-2-1-5-15-10/h3-4,6-7,10H,1-2,5,8H2. The minimum atomic E-state index is 0.354. The number of hydrogen-bond acceptors (Lipinski definition) is 3. The third-order valence-corrected chi connectivity index (χ3v) is 4.17. The second kappa shape index (κ2) is 5.71. The molecule has 2 rings (SSSR count). The second-order valence-electron chi connectivity index (χ2n) is 3.75. The maximum atomic E-state index is 10.6. The number of ether oxygens (including phenoxy) is 1. The Kier molecular flexibility index (Phi) is 4.27. The van der Waals surface area contributed by atoms with E-state index in [4.69, 9.17) is 16.3 Å². The van der Waals surface area contributed by atoms with E-state index in [0.717, 1.165) is 36.4 Å². The molecule has 1 heterocycles. The van der Waals surface area contributed by atoms with Crippen molar-refractivity contribution in [2.45, 2.75) is 23.8 Å². The van der Waals surface area contributed by atoms with Crippen molar-refractivity contribution < 1.29 is 9.53 Å². The van der Waals surface area contributed by atoms with Gasteiger partial charge >= 0.3 is 0 Å². The number of rotatable bonds is 4. The molecule has 1 aromatic rings. The van der Waals surface area contributed by atoms with Gasteiger partial charge in [-0.1, -0.05) is 17.7 Å². The molecule has 1 fully saturated rings. The average Bonchev–Trinajstić information content (AvgIpc) is 2.80. The summed E-state index contributed by atoms with van der Waals surface area (Å²) in [6.45, 7) is 0.878. The van der Waals surface area contributed by atoms with Crippen LogP contribution in [0.3, 0.4) is 0 Å². The fourth-order valence-electron chi connectivity index (χ4n) is 1.67. The van der Waals surface area contributed by atoms with E-state index in [2.05, 4.69) is 0 Å². The molecule has 0 spiro atoms. The Balaban J connectivity index is 1.95. The maximum absolute atomic E-state index is 10.6. The van der Waals surface area contributed by atoms with Crippen molar-refractivity contribution in [1.29, 1.82) is 0 Å². The summed E-state index contributed by atoms with van der Waals surface area (Å²) in [5, 5.41) is 0.646. The van der Waals surface area contributed by atoms with Crippen LogP contribution in [0, 0.1) is 0 Å². The predicted molar refractivity (Wildman–Crippen MR) is 66.5 cm³/mol. The largest absolute Gasteiger partial charge is 0.377 e. The van der Waals surface area contributed by atoms with E-state index in [-0.39, 0.29) is 0 Å². The number of carbonyl (C=O) groups is 1. The lowest BCUT2D eigenvalue weighted by atomic mass is 10.2. The van der Waals surface area contributed by atoms with Crippen molar-refractivity contribution in [2.75, 3.05) is 12.4 Å². The summed E-state index contributed by atoms with van der Waals surface area (Å²) in [5.41, 5.74) is 0.617. The van der Waals surface area contributed by atoms with Gasteiger partial charge in [0.05, 0.1) is 11.1 Å². The number of thioether (sulfide) groups is 1. The molecule has 86 valence electrons. The molecular weight excluding hydrogens is 244 g/mol. The summed E-state index contributed by atoms with van der Waals surface area (Å²) in [6, 6.07) is 5.38. The monoisotopic (exact) mass is 256 g/mol. The molecule has 0 N–H and O–H groups in total. The quantitative estimate of drug-likeness (QED) is 0.610. The molecule has 0 saturated carbocycles. The Morgan fingerprint density at radius 1 is 1.56 bits per heavy atom. The molecular formula is C12H13ClO2S. The zero-order chi connectivity index (χ0) is 11.4. The summed E-state index contributed by atoms with van der Waals surface area (Å²) in [4.78, 5) is 11.6. The number of aldehydes is 1. The molecule has 0 aliphatic carbocycles. The van der Waals surface area contributed by atoms with Gasteiger partial charge in [0.15, 0.2) is 0 Å². The third-order valence-electron chi connectivity index (χ3n) is 2.54. The Labute approximate surface area is 104 Å². The fraction of sp³-hybridized carbons (Fsp3) is 0.417. The van der Waals surface area contributed by atoms with E-state index >= 15 is 0 Å². The lowest BCUT2D eigenvalue weighted by Gasteiger charge is -2.09. The van der Waals surface area contributed by atoms with E-state index in [9.17, 15) is 4.79 Å². The van der Waals surface area contributed by atoms with Crippen LogP contribution in [0.5, 0.6) is 0 Å². The van der Waals surface area contributed by atoms with E-state index in [1.165, 1.54) is 0 Å². The molecule has 1 atom stereocenters. The minimum absolute atomic E-state index is 0.354. The van der Waals surface area contributed by atoms with Crippen LogP contribution >= 0.6 is 23.4 Å². The van der Waals surface area contributed by atoms with Gasteiger partial charge in [0.25, 0.3) is 0 Å². The topological polar surface area (TPSA) is 26.3 Å². The van der Waals surface area contributed by atoms with Crippen molar-refractivity contribution >= 4 is 29.6 Å². The van der Waals surface area contributed by atoms with Gasteiger partial charge in [0.1, 0.15) is 6.29 Å². The van der Waals surface area contributed by atoms with Crippen molar-refractivity contribution in [2.24, 2.45) is 0 Å². The van der Waals surface area contributed by atoms with Crippen LogP contribution in [0.25, 0.3) is 0 Å². The molecule has 16 heavy (non-hydrogen) atoms. The second-order valence-corrected chi connectivity index (χ2v) is 5.22. The number of hydrogen-bond donors (Lipinski definition) is 0. The highest BCUT2D eigenvalue weighted by molar-refractivity contribution is 7.99. The van der Waals surface area contributed by atoms with Crippen LogP contribution < -0.4 is 0 Å². The SMILES string of the molecule is O=Cc1ccc(SCC2CCCO2)c(Cl)c1. The molecule has 0 radical (unpaired) electrons. The van der Waals surface area contributed by atoms with E-state index in [0.29, 0.717) is 16.7 Å². The number of benzene rings is 1. The van der Waals surface area contributed by atoms with E-state index in [1.807, 2.05) is 6.07 Å². The molecule has 1 aliphatic heterocycles. The molecule has 4 heteroatoms. The fourth-order valence-corrected chi connectivity index (χ4v) is 3.01. The normalized spacial score (nSPS) is 19.9. The van der Waals surface area contributed by atoms with Crippen molar-refractivity contribution in [1.82, 2.24) is 0 Å². The Morgan fingerprint density at radius 3 is 3.06 bits per heavy atom. The zero-order valence-electron chi connectivity index (χ0n) is 8.82. The van der Waals surface area contributed by atoms with Gasteiger partial charge in [-0.3, -0.25) is 4.79 Å². The first-order valence-electron chi connectivity index (χ1n) is 5.29. The van der Waals surface area contributed by atoms with Crippen molar-refractivity contribution in [3.05, 3.63) is 28.8 Å². The lowest BCUT2D eigenvalue weighted by molar-refractivity contribution is 0.112. The summed E-state index contributed by atoms with van der Waals surface area (Å²) >= 11 is 7.76. The van der Waals surface area contributed by atoms with Gasteiger partial charge in [-0.2, -0.15) is 0 Å². The first kappa shape index (κ1) is 12.0. The van der Waals surface area contributed by atoms with Crippen molar-refractivity contribution in [3.8, 4) is 0 Å². The smallest absolute Gasteiger partial charge is 0.150 e. The van der Waals surface area contributed by atoms with Crippen LogP contribution in [-0.4, -0.2) is 24.7 Å². The minimum Gasteiger partial charge on any atom is -0.377 e. The van der Waals surface area contributed by atoms with Crippen LogP contribution in [0.15, 0.2) is 23.1 Å². The summed E-state index contributed by atoms with van der Waals surface area (Å²) in [7, 11) is 0. The summed E-state index contributed by atoms with van der Waals surface area (Å²) < 4.78 is 5.54. The number of halogens is 1. The molecule has 0 amide bonds. The predicted octanol–water partition coefficient (Wildman–Crippen LogP) is 3.42. The van der Waals surface area contributed by atoms with Gasteiger partial charge in [0, 0.05) is 22.8 Å². The van der Waals surface area contributed by atoms with Crippen LogP contribution in [0.2, 0.25) is 5.02 Å². The average molecular weight is 257 g/mol. The molecule has 1 saturated heterocycles. The molecule has 1 aromatic carbocycles. The van der Waals surface area contributed by atoms with Gasteiger partial charge in [0.2, 0.25) is 0 Å². The number of carbonyl (C=O) groups excluding carboxylic acids is 1. The Morgan fingerprint density at radius 2 is 2.44 bits per heavy atom. The Bertz CT molecular complexity index is 375. The van der Waals surface area contributed by atoms with E-state index in [1.54, 1.807) is 23.9 Å². The highest BCUT2D eigenvalue weighted by Gasteiger charge is 2.16. The highest BCUT2D eigenvalue weighted by Crippen LogP contribution is 2.30. The highest BCUT2D eigenvalue weighted by atomic mass is 35.5. The van der Waals surface area contributed by atoms with Gasteiger partial charge in [-0.15, -0.1) is 11.8 Å². The van der Waals surface area contributed by atoms with E-state index < -0.39 is 0 Å². The van der Waals surface area contributed by atoms with Crippen LogP contribution in [-0.2, 0) is 4.74 Å². The first-order chi connectivity index (χ1) is 7.79. The maximum Gasteiger partial charge on any atom is 0.150 e. The molecule has 1 unspecified atom stereocenters. The van der Waals surface area contributed by atoms with Gasteiger partial charge in [-0.05, 0) is 25.0 Å². The third kappa shape index (κ3) is 3.00. The lowest BCUT2D eigenvalue weighted by Crippen LogP contribution is -2.07. The van der Waals surface area contributed by atoms with Crippen molar-refractivity contribution in [3.63, 3.8) is 0 Å². The molecule has 0 bridgehead atoms. The summed E-state index contributed by atoms with van der Waals surface area (Å²) in [5.74, 6) is 0.931. The molecule has 0 aromatic heterocycles. The zero-order valence-corrected chi connectivity index (χ0v) is 10.4. The van der Waals surface area contributed by atoms with Crippen LogP contribution in [0.1, 0.15) is 23.2 Å². The molecule has 2 nitrogen and oxygen atoms in total.